The SMILES string of the molecule is CCNC(=O)[C@@H](Cc1ccccc1)N(Cc1cccc(OC)c1)C(=O)COc1ccccc1C(C)(C)C. The van der Waals surface area contributed by atoms with Crippen molar-refractivity contribution in [2.45, 2.75) is 52.1 Å². The van der Waals surface area contributed by atoms with Crippen LogP contribution in [0, 0.1) is 0 Å². The first-order valence-corrected chi connectivity index (χ1v) is 12.7. The molecular formula is C31H38N2O4. The standard InChI is InChI=1S/C31H38N2O4/c1-6-32-30(35)27(20-23-13-8-7-9-14-23)33(21-24-15-12-16-25(19-24)36-5)29(34)22-37-28-18-11-10-17-26(28)31(2,3)4/h7-19,27H,6,20-22H2,1-5H3,(H,32,35)/t27-/m1/s1. The molecule has 37 heavy (non-hydrogen) atoms. The number of methoxy groups -OCH3 is 1. The van der Waals surface area contributed by atoms with Gasteiger partial charge in [-0.1, -0.05) is 81.4 Å². The molecule has 0 radical (unpaired) electrons. The summed E-state index contributed by atoms with van der Waals surface area (Å²) in [4.78, 5) is 28.7. The summed E-state index contributed by atoms with van der Waals surface area (Å²) in [6, 6.07) is 24.3. The Morgan fingerprint density at radius 2 is 1.59 bits per heavy atom. The Balaban J connectivity index is 1.93. The van der Waals surface area contributed by atoms with E-state index in [1.54, 1.807) is 12.0 Å². The largest absolute Gasteiger partial charge is 0.497 e. The molecule has 0 bridgehead atoms. The van der Waals surface area contributed by atoms with Crippen LogP contribution in [0.3, 0.4) is 0 Å². The van der Waals surface area contributed by atoms with Gasteiger partial charge in [0.25, 0.3) is 5.91 Å². The minimum absolute atomic E-state index is 0.142. The number of para-hydroxylation sites is 1. The fourth-order valence-electron chi connectivity index (χ4n) is 4.25. The summed E-state index contributed by atoms with van der Waals surface area (Å²) in [6.45, 7) is 8.74. The fraction of sp³-hybridized carbons (Fsp3) is 0.355. The number of ether oxygens (including phenoxy) is 2. The van der Waals surface area contributed by atoms with E-state index in [1.807, 2.05) is 85.8 Å². The van der Waals surface area contributed by atoms with Crippen molar-refractivity contribution in [1.29, 1.82) is 0 Å². The second-order valence-corrected chi connectivity index (χ2v) is 10.0. The molecule has 1 atom stereocenters. The first kappa shape index (κ1) is 27.8. The molecule has 3 rings (SSSR count). The number of hydrogen-bond acceptors (Lipinski definition) is 4. The van der Waals surface area contributed by atoms with Crippen molar-refractivity contribution in [2.75, 3.05) is 20.3 Å². The van der Waals surface area contributed by atoms with Gasteiger partial charge >= 0.3 is 0 Å². The zero-order valence-corrected chi connectivity index (χ0v) is 22.5. The van der Waals surface area contributed by atoms with Crippen molar-refractivity contribution in [2.24, 2.45) is 0 Å². The van der Waals surface area contributed by atoms with E-state index >= 15 is 0 Å². The Bertz CT molecular complexity index is 1170. The topological polar surface area (TPSA) is 67.9 Å². The van der Waals surface area contributed by atoms with Crippen LogP contribution in [0.4, 0.5) is 0 Å². The number of carbonyl (C=O) groups is 2. The molecule has 3 aromatic rings. The van der Waals surface area contributed by atoms with Gasteiger partial charge in [0, 0.05) is 19.5 Å². The van der Waals surface area contributed by atoms with Gasteiger partial charge < -0.3 is 19.7 Å². The van der Waals surface area contributed by atoms with Crippen LogP contribution in [0.5, 0.6) is 11.5 Å². The van der Waals surface area contributed by atoms with Crippen LogP contribution < -0.4 is 14.8 Å². The van der Waals surface area contributed by atoms with Gasteiger partial charge in [0.1, 0.15) is 17.5 Å². The van der Waals surface area contributed by atoms with E-state index in [-0.39, 0.29) is 30.4 Å². The maximum absolute atomic E-state index is 13.8. The van der Waals surface area contributed by atoms with E-state index in [2.05, 4.69) is 26.1 Å². The van der Waals surface area contributed by atoms with Crippen LogP contribution in [0.15, 0.2) is 78.9 Å². The summed E-state index contributed by atoms with van der Waals surface area (Å²) in [6.07, 6.45) is 0.390. The molecule has 0 aliphatic rings. The number of nitrogens with one attached hydrogen (secondary N) is 1. The number of rotatable bonds is 11. The van der Waals surface area contributed by atoms with E-state index < -0.39 is 6.04 Å². The Morgan fingerprint density at radius 1 is 0.919 bits per heavy atom. The van der Waals surface area contributed by atoms with Gasteiger partial charge in [0.15, 0.2) is 6.61 Å². The van der Waals surface area contributed by atoms with Crippen molar-refractivity contribution in [3.05, 3.63) is 95.6 Å². The maximum Gasteiger partial charge on any atom is 0.261 e. The zero-order chi connectivity index (χ0) is 26.8. The highest BCUT2D eigenvalue weighted by Gasteiger charge is 2.31. The van der Waals surface area contributed by atoms with Crippen LogP contribution in [-0.2, 0) is 28.0 Å². The molecule has 0 aliphatic carbocycles. The first-order valence-electron chi connectivity index (χ1n) is 12.7. The molecule has 3 aromatic carbocycles. The number of benzene rings is 3. The lowest BCUT2D eigenvalue weighted by Crippen LogP contribution is -2.51. The van der Waals surface area contributed by atoms with Gasteiger partial charge in [-0.25, -0.2) is 0 Å². The van der Waals surface area contributed by atoms with Crippen molar-refractivity contribution in [1.82, 2.24) is 10.2 Å². The predicted molar refractivity (Wildman–Crippen MR) is 147 cm³/mol. The third-order valence-corrected chi connectivity index (χ3v) is 6.16. The summed E-state index contributed by atoms with van der Waals surface area (Å²) in [7, 11) is 1.61. The molecule has 0 saturated carbocycles. The molecule has 0 aromatic heterocycles. The Kier molecular flexibility index (Phi) is 9.72. The summed E-state index contributed by atoms with van der Waals surface area (Å²) in [5.41, 5.74) is 2.72. The van der Waals surface area contributed by atoms with Crippen LogP contribution in [0.25, 0.3) is 0 Å². The summed E-state index contributed by atoms with van der Waals surface area (Å²) in [5.74, 6) is 0.900. The van der Waals surface area contributed by atoms with E-state index in [1.165, 1.54) is 0 Å². The van der Waals surface area contributed by atoms with Crippen molar-refractivity contribution in [3.8, 4) is 11.5 Å². The lowest BCUT2D eigenvalue weighted by molar-refractivity contribution is -0.142. The highest BCUT2D eigenvalue weighted by molar-refractivity contribution is 5.88. The lowest BCUT2D eigenvalue weighted by atomic mass is 9.86. The average molecular weight is 503 g/mol. The quantitative estimate of drug-likeness (QED) is 0.394. The Morgan fingerprint density at radius 3 is 2.27 bits per heavy atom. The summed E-state index contributed by atoms with van der Waals surface area (Å²) >= 11 is 0. The number of hydrogen-bond donors (Lipinski definition) is 1. The van der Waals surface area contributed by atoms with Crippen molar-refractivity contribution >= 4 is 11.8 Å². The average Bonchev–Trinajstić information content (AvgIpc) is 2.89. The monoisotopic (exact) mass is 502 g/mol. The molecule has 6 nitrogen and oxygen atoms in total. The summed E-state index contributed by atoms with van der Waals surface area (Å²) in [5, 5.41) is 2.91. The van der Waals surface area contributed by atoms with Crippen LogP contribution in [0.1, 0.15) is 44.4 Å². The van der Waals surface area contributed by atoms with Gasteiger partial charge in [-0.15, -0.1) is 0 Å². The first-order chi connectivity index (χ1) is 17.7. The molecule has 196 valence electrons. The minimum atomic E-state index is -0.706. The van der Waals surface area contributed by atoms with Crippen molar-refractivity contribution < 1.29 is 19.1 Å². The number of likely N-dealkylation sites (N-methyl/N-ethyl adjacent to an activating group) is 1. The molecule has 0 spiro atoms. The van der Waals surface area contributed by atoms with E-state index in [9.17, 15) is 9.59 Å². The maximum atomic E-state index is 13.8. The number of nitrogens with zero attached hydrogens (tertiary/aromatic N) is 1. The van der Waals surface area contributed by atoms with Crippen LogP contribution >= 0.6 is 0 Å². The molecule has 6 heteroatoms. The normalized spacial score (nSPS) is 11.9. The smallest absolute Gasteiger partial charge is 0.261 e. The van der Waals surface area contributed by atoms with E-state index in [4.69, 9.17) is 9.47 Å². The predicted octanol–water partition coefficient (Wildman–Crippen LogP) is 5.15. The number of amides is 2. The van der Waals surface area contributed by atoms with Gasteiger partial charge in [0.2, 0.25) is 5.91 Å². The zero-order valence-electron chi connectivity index (χ0n) is 22.5. The molecule has 0 saturated heterocycles. The lowest BCUT2D eigenvalue weighted by Gasteiger charge is -2.32. The summed E-state index contributed by atoms with van der Waals surface area (Å²) < 4.78 is 11.5. The Labute approximate surface area is 220 Å². The number of carbonyl (C=O) groups excluding carboxylic acids is 2. The molecule has 1 N–H and O–H groups in total. The third-order valence-electron chi connectivity index (χ3n) is 6.16. The second-order valence-electron chi connectivity index (χ2n) is 10.0. The molecule has 0 fully saturated rings. The molecule has 0 aliphatic heterocycles. The fourth-order valence-corrected chi connectivity index (χ4v) is 4.25. The van der Waals surface area contributed by atoms with Crippen LogP contribution in [0.2, 0.25) is 0 Å². The molecule has 0 heterocycles. The highest BCUT2D eigenvalue weighted by Crippen LogP contribution is 2.31. The molecule has 0 unspecified atom stereocenters. The molecule has 2 amide bonds. The van der Waals surface area contributed by atoms with Crippen LogP contribution in [-0.4, -0.2) is 43.0 Å². The van der Waals surface area contributed by atoms with E-state index in [0.717, 1.165) is 16.7 Å². The van der Waals surface area contributed by atoms with Crippen molar-refractivity contribution in [3.63, 3.8) is 0 Å². The third kappa shape index (κ3) is 7.84. The van der Waals surface area contributed by atoms with Gasteiger partial charge in [-0.05, 0) is 47.2 Å². The minimum Gasteiger partial charge on any atom is -0.497 e. The van der Waals surface area contributed by atoms with Gasteiger partial charge in [0.05, 0.1) is 7.11 Å². The highest BCUT2D eigenvalue weighted by atomic mass is 16.5. The Hall–Kier alpha value is -3.80. The molecular weight excluding hydrogens is 464 g/mol. The van der Waals surface area contributed by atoms with Gasteiger partial charge in [-0.3, -0.25) is 9.59 Å². The van der Waals surface area contributed by atoms with Gasteiger partial charge in [-0.2, -0.15) is 0 Å². The van der Waals surface area contributed by atoms with E-state index in [0.29, 0.717) is 24.5 Å². The second kappa shape index (κ2) is 12.9.